The first-order valence-electron chi connectivity index (χ1n) is 11.5. The molecule has 0 fully saturated rings. The summed E-state index contributed by atoms with van der Waals surface area (Å²) in [4.78, 5) is 52.7. The summed E-state index contributed by atoms with van der Waals surface area (Å²) in [5, 5.41) is 0. The number of aromatic nitrogens is 2. The van der Waals surface area contributed by atoms with Crippen LogP contribution in [0.2, 0.25) is 0 Å². The predicted molar refractivity (Wildman–Crippen MR) is 133 cm³/mol. The average molecular weight is 468 g/mol. The zero-order valence-electron chi connectivity index (χ0n) is 19.4. The Hall–Kier alpha value is -4.44. The summed E-state index contributed by atoms with van der Waals surface area (Å²) in [5.41, 5.74) is 1.87. The number of benzene rings is 2. The summed E-state index contributed by atoms with van der Waals surface area (Å²) in [6, 6.07) is 14.6. The maximum atomic E-state index is 12.4. The van der Waals surface area contributed by atoms with Gasteiger partial charge in [-0.1, -0.05) is 61.6 Å². The molecule has 2 heterocycles. The van der Waals surface area contributed by atoms with Gasteiger partial charge in [-0.05, 0) is 42.7 Å². The zero-order chi connectivity index (χ0) is 24.8. The number of hydrogen-bond donors (Lipinski definition) is 1. The van der Waals surface area contributed by atoms with Crippen molar-refractivity contribution in [2.45, 2.75) is 32.7 Å². The Kier molecular flexibility index (Phi) is 7.22. The molecule has 1 aliphatic heterocycles. The zero-order valence-corrected chi connectivity index (χ0v) is 19.4. The number of rotatable bonds is 7. The number of aryl methyl sites for hydroxylation is 1. The number of nitrogens with one attached hydrogen (secondary N) is 1. The van der Waals surface area contributed by atoms with Gasteiger partial charge in [-0.2, -0.15) is 0 Å². The number of aromatic amines is 1. The van der Waals surface area contributed by atoms with E-state index in [0.717, 1.165) is 29.7 Å². The average Bonchev–Trinajstić information content (AvgIpc) is 3.11. The molecule has 0 bridgehead atoms. The second kappa shape index (κ2) is 10.7. The van der Waals surface area contributed by atoms with E-state index in [1.165, 1.54) is 16.3 Å². The van der Waals surface area contributed by atoms with Crippen molar-refractivity contribution < 1.29 is 9.59 Å². The van der Waals surface area contributed by atoms with E-state index in [9.17, 15) is 19.2 Å². The number of carbonyl (C=O) groups is 2. The molecule has 4 rings (SSSR count). The van der Waals surface area contributed by atoms with Crippen molar-refractivity contribution in [1.29, 1.82) is 0 Å². The quantitative estimate of drug-likeness (QED) is 0.328. The monoisotopic (exact) mass is 467 g/mol. The molecule has 2 aromatic carbocycles. The van der Waals surface area contributed by atoms with Gasteiger partial charge in [-0.25, -0.2) is 4.79 Å². The number of unbranched alkanes of at least 4 members (excludes halogenated alkanes) is 1. The first kappa shape index (κ1) is 23.7. The van der Waals surface area contributed by atoms with Crippen molar-refractivity contribution in [2.24, 2.45) is 0 Å². The molecular formula is C28H25N3O4. The smallest absolute Gasteiger partial charge is 0.296 e. The Morgan fingerprint density at radius 3 is 2.17 bits per heavy atom. The second-order valence-electron chi connectivity index (χ2n) is 8.24. The van der Waals surface area contributed by atoms with E-state index in [-0.39, 0.29) is 30.5 Å². The summed E-state index contributed by atoms with van der Waals surface area (Å²) in [6.45, 7) is 2.39. The molecule has 1 aliphatic rings. The molecule has 3 aromatic rings. The highest BCUT2D eigenvalue weighted by atomic mass is 16.2. The van der Waals surface area contributed by atoms with Crippen LogP contribution in [0.1, 0.15) is 57.2 Å². The highest BCUT2D eigenvalue weighted by Crippen LogP contribution is 2.22. The number of imide groups is 1. The Morgan fingerprint density at radius 1 is 0.857 bits per heavy atom. The van der Waals surface area contributed by atoms with E-state index in [0.29, 0.717) is 11.1 Å². The third kappa shape index (κ3) is 5.39. The maximum Gasteiger partial charge on any atom is 0.328 e. The van der Waals surface area contributed by atoms with E-state index in [2.05, 4.69) is 23.7 Å². The molecule has 2 amide bonds. The van der Waals surface area contributed by atoms with Crippen molar-refractivity contribution in [3.63, 3.8) is 0 Å². The van der Waals surface area contributed by atoms with Gasteiger partial charge >= 0.3 is 5.69 Å². The molecule has 1 aromatic heterocycles. The molecule has 0 atom stereocenters. The minimum absolute atomic E-state index is 0.0887. The third-order valence-corrected chi connectivity index (χ3v) is 5.76. The lowest BCUT2D eigenvalue weighted by Gasteiger charge is -2.10. The normalized spacial score (nSPS) is 12.7. The lowest BCUT2D eigenvalue weighted by atomic mass is 10.1. The van der Waals surface area contributed by atoms with Crippen LogP contribution in [-0.2, 0) is 13.0 Å². The Bertz CT molecular complexity index is 1430. The van der Waals surface area contributed by atoms with Crippen LogP contribution in [0.25, 0.3) is 0 Å². The minimum atomic E-state index is -0.564. The third-order valence-electron chi connectivity index (χ3n) is 5.76. The molecule has 35 heavy (non-hydrogen) atoms. The van der Waals surface area contributed by atoms with Gasteiger partial charge in [0, 0.05) is 24.8 Å². The topological polar surface area (TPSA) is 92.2 Å². The van der Waals surface area contributed by atoms with Crippen LogP contribution in [0.5, 0.6) is 0 Å². The van der Waals surface area contributed by atoms with Crippen molar-refractivity contribution in [3.8, 4) is 11.8 Å². The number of hydrogen-bond acceptors (Lipinski definition) is 4. The highest BCUT2D eigenvalue weighted by Gasteiger charge is 2.34. The van der Waals surface area contributed by atoms with E-state index in [4.69, 9.17) is 0 Å². The van der Waals surface area contributed by atoms with Crippen LogP contribution in [0.3, 0.4) is 0 Å². The van der Waals surface area contributed by atoms with Crippen LogP contribution in [0, 0.1) is 11.8 Å². The first-order chi connectivity index (χ1) is 17.0. The number of fused-ring (bicyclic) bond motifs is 1. The van der Waals surface area contributed by atoms with Crippen molar-refractivity contribution >= 4 is 11.8 Å². The number of H-pyrrole nitrogens is 1. The summed E-state index contributed by atoms with van der Waals surface area (Å²) in [7, 11) is 0. The van der Waals surface area contributed by atoms with Gasteiger partial charge in [0.05, 0.1) is 11.1 Å². The van der Waals surface area contributed by atoms with Gasteiger partial charge in [-0.3, -0.25) is 28.8 Å². The first-order valence-corrected chi connectivity index (χ1v) is 11.5. The number of allylic oxidation sites excluding steroid dienone is 1. The van der Waals surface area contributed by atoms with Gasteiger partial charge in [0.2, 0.25) is 0 Å². The van der Waals surface area contributed by atoms with Crippen LogP contribution in [0.15, 0.2) is 76.5 Å². The molecular weight excluding hydrogens is 442 g/mol. The summed E-state index contributed by atoms with van der Waals surface area (Å²) in [5.74, 6) is 5.13. The number of carbonyl (C=O) groups excluding carboxylic acids is 2. The fourth-order valence-electron chi connectivity index (χ4n) is 3.78. The van der Waals surface area contributed by atoms with E-state index in [1.807, 2.05) is 24.3 Å². The highest BCUT2D eigenvalue weighted by molar-refractivity contribution is 6.21. The molecule has 0 saturated heterocycles. The molecule has 1 N–H and O–H groups in total. The van der Waals surface area contributed by atoms with E-state index >= 15 is 0 Å². The molecule has 7 heteroatoms. The van der Waals surface area contributed by atoms with Crippen molar-refractivity contribution in [3.05, 3.63) is 116 Å². The second-order valence-corrected chi connectivity index (χ2v) is 8.24. The summed E-state index contributed by atoms with van der Waals surface area (Å²) in [6.07, 6.45) is 8.01. The molecule has 0 unspecified atom stereocenters. The number of amides is 2. The van der Waals surface area contributed by atoms with E-state index < -0.39 is 11.2 Å². The molecule has 0 radical (unpaired) electrons. The fraction of sp³-hybridized carbons (Fsp3) is 0.214. The van der Waals surface area contributed by atoms with Gasteiger partial charge in [-0.15, -0.1) is 0 Å². The van der Waals surface area contributed by atoms with Crippen LogP contribution in [0.4, 0.5) is 0 Å². The van der Waals surface area contributed by atoms with Crippen molar-refractivity contribution in [2.75, 3.05) is 6.54 Å². The Morgan fingerprint density at radius 2 is 1.51 bits per heavy atom. The molecule has 0 saturated carbocycles. The lowest BCUT2D eigenvalue weighted by Crippen LogP contribution is -2.31. The lowest BCUT2D eigenvalue weighted by molar-refractivity contribution is 0.0672. The van der Waals surface area contributed by atoms with Gasteiger partial charge in [0.1, 0.15) is 5.56 Å². The van der Waals surface area contributed by atoms with Crippen LogP contribution < -0.4 is 11.2 Å². The predicted octanol–water partition coefficient (Wildman–Crippen LogP) is 3.13. The Balaban J connectivity index is 1.43. The fourth-order valence-corrected chi connectivity index (χ4v) is 3.78. The molecule has 176 valence electrons. The van der Waals surface area contributed by atoms with Gasteiger partial charge in [0.15, 0.2) is 0 Å². The van der Waals surface area contributed by atoms with Crippen LogP contribution >= 0.6 is 0 Å². The van der Waals surface area contributed by atoms with Crippen molar-refractivity contribution in [1.82, 2.24) is 14.5 Å². The summed E-state index contributed by atoms with van der Waals surface area (Å²) < 4.78 is 1.32. The maximum absolute atomic E-state index is 12.4. The van der Waals surface area contributed by atoms with E-state index in [1.54, 1.807) is 36.4 Å². The number of nitrogens with zero attached hydrogens (tertiary/aromatic N) is 2. The van der Waals surface area contributed by atoms with Gasteiger partial charge in [0.25, 0.3) is 17.4 Å². The minimum Gasteiger partial charge on any atom is -0.296 e. The van der Waals surface area contributed by atoms with Crippen LogP contribution in [-0.4, -0.2) is 32.8 Å². The SMILES string of the molecule is CCCCc1ccc(C#Cc2cn(C/C=C\CN3C(=O)c4ccccc4C3=O)c(=O)[nH]c2=O)cc1. The Labute approximate surface area is 202 Å². The summed E-state index contributed by atoms with van der Waals surface area (Å²) >= 11 is 0. The molecule has 7 nitrogen and oxygen atoms in total. The molecule has 0 spiro atoms. The van der Waals surface area contributed by atoms with Gasteiger partial charge < -0.3 is 0 Å². The molecule has 0 aliphatic carbocycles. The largest absolute Gasteiger partial charge is 0.328 e. The standard InChI is InChI=1S/C28H25N3O4/c1-2-3-8-20-11-13-21(14-12-20)15-16-22-19-30(28(35)29-25(22)32)17-6-7-18-31-26(33)23-9-4-5-10-24(23)27(31)34/h4-7,9-14,19H,2-3,8,17-18H2,1H3,(H,29,32,35)/b7-6-.